The minimum Gasteiger partial charge on any atom is -0.365 e. The van der Waals surface area contributed by atoms with Crippen LogP contribution in [0.3, 0.4) is 0 Å². The van der Waals surface area contributed by atoms with Gasteiger partial charge in [0, 0.05) is 31.9 Å². The Hall–Kier alpha value is -1.90. The van der Waals surface area contributed by atoms with Crippen LogP contribution in [0.15, 0.2) is 23.2 Å². The zero-order valence-corrected chi connectivity index (χ0v) is 15.2. The topological polar surface area (TPSA) is 73.8 Å². The van der Waals surface area contributed by atoms with Gasteiger partial charge < -0.3 is 15.5 Å². The summed E-state index contributed by atoms with van der Waals surface area (Å²) in [7, 11) is -3.07. The van der Waals surface area contributed by atoms with Gasteiger partial charge in [-0.1, -0.05) is 6.07 Å². The standard InChI is InChI=1S/C16H24F2N4O2S/c1-3-19-16(20-8-10-25(2,23)24)21-12-7-9-22(11-12)15-13(17)5-4-6-14(15)18/h4-6,12H,3,7-11H2,1-2H3,(H2,19,20,21). The molecule has 1 unspecified atom stereocenters. The summed E-state index contributed by atoms with van der Waals surface area (Å²) in [6, 6.07) is 3.80. The summed E-state index contributed by atoms with van der Waals surface area (Å²) in [6.45, 7) is 3.66. The van der Waals surface area contributed by atoms with E-state index in [4.69, 9.17) is 0 Å². The van der Waals surface area contributed by atoms with Crippen LogP contribution in [-0.4, -0.2) is 58.6 Å². The molecule has 1 heterocycles. The molecule has 1 aliphatic heterocycles. The molecule has 0 radical (unpaired) electrons. The molecule has 0 spiro atoms. The third-order valence-corrected chi connectivity index (χ3v) is 4.78. The Morgan fingerprint density at radius 2 is 2.04 bits per heavy atom. The maximum absolute atomic E-state index is 13.9. The van der Waals surface area contributed by atoms with Gasteiger partial charge in [0.2, 0.25) is 0 Å². The van der Waals surface area contributed by atoms with Crippen LogP contribution in [0.25, 0.3) is 0 Å². The predicted octanol–water partition coefficient (Wildman–Crippen LogP) is 1.14. The zero-order valence-electron chi connectivity index (χ0n) is 14.4. The highest BCUT2D eigenvalue weighted by Gasteiger charge is 2.27. The van der Waals surface area contributed by atoms with Gasteiger partial charge in [0.25, 0.3) is 0 Å². The molecule has 25 heavy (non-hydrogen) atoms. The van der Waals surface area contributed by atoms with E-state index >= 15 is 0 Å². The largest absolute Gasteiger partial charge is 0.365 e. The van der Waals surface area contributed by atoms with E-state index in [2.05, 4.69) is 15.6 Å². The lowest BCUT2D eigenvalue weighted by molar-refractivity contribution is 0.576. The minimum atomic E-state index is -3.07. The van der Waals surface area contributed by atoms with Gasteiger partial charge in [-0.2, -0.15) is 0 Å². The van der Waals surface area contributed by atoms with E-state index in [-0.39, 0.29) is 24.0 Å². The number of hydrogen-bond acceptors (Lipinski definition) is 4. The van der Waals surface area contributed by atoms with Crippen LogP contribution >= 0.6 is 0 Å². The van der Waals surface area contributed by atoms with E-state index in [1.54, 1.807) is 4.90 Å². The van der Waals surface area contributed by atoms with Crippen LogP contribution in [0.5, 0.6) is 0 Å². The molecule has 0 saturated carbocycles. The SMILES string of the molecule is CCNC(=NCCS(C)(=O)=O)NC1CCN(c2c(F)cccc2F)C1. The fourth-order valence-electron chi connectivity index (χ4n) is 2.71. The molecule has 0 aliphatic carbocycles. The molecule has 1 atom stereocenters. The van der Waals surface area contributed by atoms with Crippen molar-refractivity contribution in [1.82, 2.24) is 10.6 Å². The van der Waals surface area contributed by atoms with E-state index in [0.717, 1.165) is 0 Å². The summed E-state index contributed by atoms with van der Waals surface area (Å²) in [6.07, 6.45) is 1.87. The molecule has 6 nitrogen and oxygen atoms in total. The molecule has 2 N–H and O–H groups in total. The van der Waals surface area contributed by atoms with E-state index in [1.165, 1.54) is 24.5 Å². The lowest BCUT2D eigenvalue weighted by Crippen LogP contribution is -2.45. The Bertz CT molecular complexity index is 705. The molecule has 140 valence electrons. The molecule has 1 aromatic carbocycles. The van der Waals surface area contributed by atoms with Gasteiger partial charge in [-0.3, -0.25) is 4.99 Å². The highest BCUT2D eigenvalue weighted by atomic mass is 32.2. The van der Waals surface area contributed by atoms with E-state index in [9.17, 15) is 17.2 Å². The average Bonchev–Trinajstić information content (AvgIpc) is 2.94. The molecule has 0 aromatic heterocycles. The predicted molar refractivity (Wildman–Crippen MR) is 95.8 cm³/mol. The van der Waals surface area contributed by atoms with Crippen LogP contribution in [0, 0.1) is 11.6 Å². The summed E-state index contributed by atoms with van der Waals surface area (Å²) in [4.78, 5) is 5.91. The Kier molecular flexibility index (Phi) is 6.57. The van der Waals surface area contributed by atoms with E-state index in [0.29, 0.717) is 32.0 Å². The number of para-hydroxylation sites is 1. The Morgan fingerprint density at radius 1 is 1.36 bits per heavy atom. The van der Waals surface area contributed by atoms with Crippen LogP contribution in [0.1, 0.15) is 13.3 Å². The first-order chi connectivity index (χ1) is 11.8. The highest BCUT2D eigenvalue weighted by molar-refractivity contribution is 7.90. The van der Waals surface area contributed by atoms with Crippen molar-refractivity contribution >= 4 is 21.5 Å². The number of anilines is 1. The zero-order chi connectivity index (χ0) is 18.4. The number of nitrogens with one attached hydrogen (secondary N) is 2. The van der Waals surface area contributed by atoms with Crippen molar-refractivity contribution in [3.05, 3.63) is 29.8 Å². The van der Waals surface area contributed by atoms with Gasteiger partial charge in [0.05, 0.1) is 12.3 Å². The summed E-state index contributed by atoms with van der Waals surface area (Å²) in [5, 5.41) is 6.25. The van der Waals surface area contributed by atoms with Gasteiger partial charge in [0.1, 0.15) is 27.2 Å². The molecule has 2 rings (SSSR count). The van der Waals surface area contributed by atoms with E-state index < -0.39 is 21.5 Å². The summed E-state index contributed by atoms with van der Waals surface area (Å²) >= 11 is 0. The van der Waals surface area contributed by atoms with Crippen LogP contribution in [0.4, 0.5) is 14.5 Å². The first kappa shape index (κ1) is 19.4. The fraction of sp³-hybridized carbons (Fsp3) is 0.562. The second kappa shape index (κ2) is 8.46. The molecular weight excluding hydrogens is 350 g/mol. The number of halogens is 2. The van der Waals surface area contributed by atoms with Crippen LogP contribution in [0.2, 0.25) is 0 Å². The molecule has 1 aromatic rings. The molecule has 1 aliphatic rings. The number of hydrogen-bond donors (Lipinski definition) is 2. The van der Waals surface area contributed by atoms with Crippen LogP contribution < -0.4 is 15.5 Å². The van der Waals surface area contributed by atoms with E-state index in [1.807, 2.05) is 6.92 Å². The fourth-order valence-corrected chi connectivity index (χ4v) is 3.13. The lowest BCUT2D eigenvalue weighted by Gasteiger charge is -2.21. The molecule has 0 bridgehead atoms. The second-order valence-electron chi connectivity index (χ2n) is 6.04. The number of guanidine groups is 1. The number of sulfone groups is 1. The van der Waals surface area contributed by atoms with Crippen molar-refractivity contribution in [1.29, 1.82) is 0 Å². The molecule has 0 amide bonds. The lowest BCUT2D eigenvalue weighted by atomic mass is 10.2. The first-order valence-corrected chi connectivity index (χ1v) is 10.3. The van der Waals surface area contributed by atoms with Crippen molar-refractivity contribution < 1.29 is 17.2 Å². The number of nitrogens with zero attached hydrogens (tertiary/aromatic N) is 2. The van der Waals surface area contributed by atoms with Crippen molar-refractivity contribution in [2.45, 2.75) is 19.4 Å². The first-order valence-electron chi connectivity index (χ1n) is 8.21. The number of benzene rings is 1. The monoisotopic (exact) mass is 374 g/mol. The normalized spacial score (nSPS) is 18.5. The van der Waals surface area contributed by atoms with Crippen molar-refractivity contribution in [2.75, 3.05) is 43.1 Å². The van der Waals surface area contributed by atoms with Crippen LogP contribution in [-0.2, 0) is 9.84 Å². The van der Waals surface area contributed by atoms with Gasteiger partial charge in [-0.25, -0.2) is 17.2 Å². The van der Waals surface area contributed by atoms with Gasteiger partial charge in [0.15, 0.2) is 5.96 Å². The van der Waals surface area contributed by atoms with Gasteiger partial charge in [-0.15, -0.1) is 0 Å². The summed E-state index contributed by atoms with van der Waals surface area (Å²) in [5.74, 6) is -0.670. The number of rotatable bonds is 6. The molecular formula is C16H24F2N4O2S. The number of aliphatic imine (C=N–C) groups is 1. The molecule has 9 heteroatoms. The van der Waals surface area contributed by atoms with Crippen molar-refractivity contribution in [3.63, 3.8) is 0 Å². The minimum absolute atomic E-state index is 0.00850. The molecule has 1 saturated heterocycles. The average molecular weight is 374 g/mol. The maximum atomic E-state index is 13.9. The quantitative estimate of drug-likeness (QED) is 0.577. The van der Waals surface area contributed by atoms with Gasteiger partial charge >= 0.3 is 0 Å². The second-order valence-corrected chi connectivity index (χ2v) is 8.30. The third kappa shape index (κ3) is 5.84. The van der Waals surface area contributed by atoms with Gasteiger partial charge in [-0.05, 0) is 25.5 Å². The Labute approximate surface area is 147 Å². The van der Waals surface area contributed by atoms with Crippen molar-refractivity contribution in [2.24, 2.45) is 4.99 Å². The third-order valence-electron chi connectivity index (χ3n) is 3.86. The molecule has 1 fully saturated rings. The highest BCUT2D eigenvalue weighted by Crippen LogP contribution is 2.26. The summed E-state index contributed by atoms with van der Waals surface area (Å²) < 4.78 is 50.2. The smallest absolute Gasteiger partial charge is 0.191 e. The Balaban J connectivity index is 1.99. The van der Waals surface area contributed by atoms with Crippen molar-refractivity contribution in [3.8, 4) is 0 Å². The summed E-state index contributed by atoms with van der Waals surface area (Å²) in [5.41, 5.74) is -0.00850. The Morgan fingerprint density at radius 3 is 2.64 bits per heavy atom. The maximum Gasteiger partial charge on any atom is 0.191 e.